The molecule has 0 saturated carbocycles. The van der Waals surface area contributed by atoms with Crippen molar-refractivity contribution in [3.63, 3.8) is 0 Å². The summed E-state index contributed by atoms with van der Waals surface area (Å²) in [5.74, 6) is 1.22. The lowest BCUT2D eigenvalue weighted by Crippen LogP contribution is -2.06. The summed E-state index contributed by atoms with van der Waals surface area (Å²) in [6.07, 6.45) is 0. The molecule has 0 unspecified atom stereocenters. The first-order chi connectivity index (χ1) is 9.10. The lowest BCUT2D eigenvalue weighted by molar-refractivity contribution is 0.474. The molecule has 2 nitrogen and oxygen atoms in total. The van der Waals surface area contributed by atoms with Crippen LogP contribution < -0.4 is 10.1 Å². The molecule has 2 aromatic rings. The van der Waals surface area contributed by atoms with Gasteiger partial charge in [-0.2, -0.15) is 0 Å². The van der Waals surface area contributed by atoms with Gasteiger partial charge >= 0.3 is 0 Å². The number of ether oxygens (including phenoxy) is 1. The SMILES string of the molecule is CNCc1cc(Cl)ccc1Oc1cc(Cl)ccc1Cl. The summed E-state index contributed by atoms with van der Waals surface area (Å²) >= 11 is 18.0. The van der Waals surface area contributed by atoms with E-state index in [4.69, 9.17) is 39.5 Å². The molecule has 0 amide bonds. The van der Waals surface area contributed by atoms with Crippen LogP contribution in [0.15, 0.2) is 36.4 Å². The Balaban J connectivity index is 2.34. The third kappa shape index (κ3) is 3.77. The van der Waals surface area contributed by atoms with Crippen LogP contribution in [-0.2, 0) is 6.54 Å². The van der Waals surface area contributed by atoms with Crippen molar-refractivity contribution >= 4 is 34.8 Å². The lowest BCUT2D eigenvalue weighted by atomic mass is 10.2. The summed E-state index contributed by atoms with van der Waals surface area (Å²) in [4.78, 5) is 0. The molecule has 0 fully saturated rings. The molecular formula is C14H12Cl3NO. The fourth-order valence-electron chi connectivity index (χ4n) is 1.65. The number of nitrogens with one attached hydrogen (secondary N) is 1. The molecule has 2 aromatic carbocycles. The molecule has 1 N–H and O–H groups in total. The first kappa shape index (κ1) is 14.5. The molecule has 5 heteroatoms. The minimum atomic E-state index is 0.509. The quantitative estimate of drug-likeness (QED) is 0.841. The molecule has 0 aliphatic rings. The first-order valence-electron chi connectivity index (χ1n) is 5.66. The van der Waals surface area contributed by atoms with Crippen LogP contribution in [0.4, 0.5) is 0 Å². The highest BCUT2D eigenvalue weighted by molar-refractivity contribution is 6.34. The van der Waals surface area contributed by atoms with Gasteiger partial charge in [-0.1, -0.05) is 34.8 Å². The molecule has 19 heavy (non-hydrogen) atoms. The standard InChI is InChI=1S/C14H12Cl3NO/c1-18-8-9-6-10(15)3-5-13(9)19-14-7-11(16)2-4-12(14)17/h2-7,18H,8H2,1H3. The average molecular weight is 317 g/mol. The van der Waals surface area contributed by atoms with E-state index in [1.807, 2.05) is 19.2 Å². The number of hydrogen-bond donors (Lipinski definition) is 1. The minimum Gasteiger partial charge on any atom is -0.455 e. The fraction of sp³-hybridized carbons (Fsp3) is 0.143. The van der Waals surface area contributed by atoms with Crippen LogP contribution in [0.25, 0.3) is 0 Å². The second kappa shape index (κ2) is 6.49. The van der Waals surface area contributed by atoms with Gasteiger partial charge in [0.1, 0.15) is 11.5 Å². The van der Waals surface area contributed by atoms with E-state index < -0.39 is 0 Å². The van der Waals surface area contributed by atoms with Crippen LogP contribution in [-0.4, -0.2) is 7.05 Å². The number of hydrogen-bond acceptors (Lipinski definition) is 2. The second-order valence-electron chi connectivity index (χ2n) is 3.96. The van der Waals surface area contributed by atoms with Crippen LogP contribution in [0.2, 0.25) is 15.1 Å². The van der Waals surface area contributed by atoms with Crippen LogP contribution in [0.3, 0.4) is 0 Å². The predicted molar refractivity (Wildman–Crippen MR) is 80.8 cm³/mol. The van der Waals surface area contributed by atoms with E-state index in [1.54, 1.807) is 24.3 Å². The zero-order chi connectivity index (χ0) is 13.8. The molecule has 2 rings (SSSR count). The Kier molecular flexibility index (Phi) is 4.94. The summed E-state index contributed by atoms with van der Waals surface area (Å²) in [7, 11) is 1.86. The average Bonchev–Trinajstić information content (AvgIpc) is 2.37. The maximum absolute atomic E-state index is 6.08. The minimum absolute atomic E-state index is 0.509. The molecule has 0 aromatic heterocycles. The van der Waals surface area contributed by atoms with Gasteiger partial charge in [-0.05, 0) is 37.4 Å². The Bertz CT molecular complexity index is 587. The molecular weight excluding hydrogens is 305 g/mol. The van der Waals surface area contributed by atoms with Crippen molar-refractivity contribution in [1.82, 2.24) is 5.32 Å². The normalized spacial score (nSPS) is 10.5. The van der Waals surface area contributed by atoms with Crippen LogP contribution >= 0.6 is 34.8 Å². The van der Waals surface area contributed by atoms with Crippen molar-refractivity contribution in [2.24, 2.45) is 0 Å². The van der Waals surface area contributed by atoms with Crippen molar-refractivity contribution in [3.8, 4) is 11.5 Å². The topological polar surface area (TPSA) is 21.3 Å². The summed E-state index contributed by atoms with van der Waals surface area (Å²) in [6, 6.07) is 10.5. The smallest absolute Gasteiger partial charge is 0.147 e. The van der Waals surface area contributed by atoms with Crippen LogP contribution in [0.5, 0.6) is 11.5 Å². The Morgan fingerprint density at radius 1 is 0.947 bits per heavy atom. The van der Waals surface area contributed by atoms with Crippen molar-refractivity contribution in [1.29, 1.82) is 0 Å². The highest BCUT2D eigenvalue weighted by Gasteiger charge is 2.08. The summed E-state index contributed by atoms with van der Waals surface area (Å²) in [6.45, 7) is 0.647. The predicted octanol–water partition coefficient (Wildman–Crippen LogP) is 5.16. The monoisotopic (exact) mass is 315 g/mol. The van der Waals surface area contributed by atoms with E-state index in [0.29, 0.717) is 33.1 Å². The number of rotatable bonds is 4. The van der Waals surface area contributed by atoms with Crippen molar-refractivity contribution in [2.45, 2.75) is 6.54 Å². The zero-order valence-electron chi connectivity index (χ0n) is 10.2. The third-order valence-electron chi connectivity index (χ3n) is 2.50. The van der Waals surface area contributed by atoms with Crippen molar-refractivity contribution < 1.29 is 4.74 Å². The molecule has 0 heterocycles. The summed E-state index contributed by atoms with van der Waals surface area (Å²) in [5, 5.41) is 4.81. The summed E-state index contributed by atoms with van der Waals surface area (Å²) in [5.41, 5.74) is 0.950. The molecule has 0 bridgehead atoms. The van der Waals surface area contributed by atoms with E-state index >= 15 is 0 Å². The molecule has 0 spiro atoms. The second-order valence-corrected chi connectivity index (χ2v) is 5.24. The molecule has 0 saturated heterocycles. The highest BCUT2D eigenvalue weighted by atomic mass is 35.5. The van der Waals surface area contributed by atoms with Crippen molar-refractivity contribution in [3.05, 3.63) is 57.0 Å². The van der Waals surface area contributed by atoms with Gasteiger partial charge in [0.2, 0.25) is 0 Å². The Morgan fingerprint density at radius 2 is 1.63 bits per heavy atom. The largest absolute Gasteiger partial charge is 0.455 e. The van der Waals surface area contributed by atoms with E-state index in [2.05, 4.69) is 5.32 Å². The third-order valence-corrected chi connectivity index (χ3v) is 3.29. The maximum Gasteiger partial charge on any atom is 0.147 e. The van der Waals surface area contributed by atoms with Gasteiger partial charge in [0, 0.05) is 28.2 Å². The van der Waals surface area contributed by atoms with E-state index in [1.165, 1.54) is 0 Å². The van der Waals surface area contributed by atoms with Crippen LogP contribution in [0.1, 0.15) is 5.56 Å². The van der Waals surface area contributed by atoms with Gasteiger partial charge in [-0.25, -0.2) is 0 Å². The van der Waals surface area contributed by atoms with Gasteiger partial charge in [0.05, 0.1) is 5.02 Å². The van der Waals surface area contributed by atoms with E-state index in [-0.39, 0.29) is 0 Å². The Morgan fingerprint density at radius 3 is 2.37 bits per heavy atom. The fourth-order valence-corrected chi connectivity index (χ4v) is 2.16. The van der Waals surface area contributed by atoms with E-state index in [9.17, 15) is 0 Å². The van der Waals surface area contributed by atoms with Crippen LogP contribution in [0, 0.1) is 0 Å². The molecule has 0 aliphatic heterocycles. The van der Waals surface area contributed by atoms with Gasteiger partial charge in [-0.15, -0.1) is 0 Å². The van der Waals surface area contributed by atoms with Crippen molar-refractivity contribution in [2.75, 3.05) is 7.05 Å². The highest BCUT2D eigenvalue weighted by Crippen LogP contribution is 2.34. The summed E-state index contributed by atoms with van der Waals surface area (Å²) < 4.78 is 5.81. The van der Waals surface area contributed by atoms with E-state index in [0.717, 1.165) is 5.56 Å². The number of halogens is 3. The maximum atomic E-state index is 6.08. The Hall–Kier alpha value is -0.930. The molecule has 0 radical (unpaired) electrons. The number of benzene rings is 2. The zero-order valence-corrected chi connectivity index (χ0v) is 12.5. The molecule has 100 valence electrons. The molecule has 0 aliphatic carbocycles. The lowest BCUT2D eigenvalue weighted by Gasteiger charge is -2.12. The first-order valence-corrected chi connectivity index (χ1v) is 6.79. The van der Waals surface area contributed by atoms with Gasteiger partial charge in [0.25, 0.3) is 0 Å². The van der Waals surface area contributed by atoms with Gasteiger partial charge < -0.3 is 10.1 Å². The van der Waals surface area contributed by atoms with Gasteiger partial charge in [0.15, 0.2) is 0 Å². The Labute approximate surface area is 127 Å². The van der Waals surface area contributed by atoms with Gasteiger partial charge in [-0.3, -0.25) is 0 Å². The molecule has 0 atom stereocenters.